The number of nitrogens with zero attached hydrogens (tertiary/aromatic N) is 1. The summed E-state index contributed by atoms with van der Waals surface area (Å²) >= 11 is 0. The Morgan fingerprint density at radius 1 is 1.24 bits per heavy atom. The summed E-state index contributed by atoms with van der Waals surface area (Å²) in [5.74, 6) is -0.196. The number of nitrogens with one attached hydrogen (secondary N) is 1. The van der Waals surface area contributed by atoms with E-state index in [1.165, 1.54) is 12.1 Å². The average Bonchev–Trinajstić information content (AvgIpc) is 2.24. The van der Waals surface area contributed by atoms with Gasteiger partial charge in [-0.05, 0) is 19.1 Å². The molecule has 0 heterocycles. The molecule has 1 atom stereocenters. The van der Waals surface area contributed by atoms with Crippen LogP contribution in [0.2, 0.25) is 0 Å². The number of anilines is 1. The minimum atomic E-state index is -3.56. The van der Waals surface area contributed by atoms with Crippen LogP contribution in [0.3, 0.4) is 0 Å². The molecule has 118 valence electrons. The second kappa shape index (κ2) is 5.98. The smallest absolute Gasteiger partial charge is 0.293 e. The normalized spacial score (nSPS) is 13.7. The Labute approximate surface area is 123 Å². The first-order chi connectivity index (χ1) is 9.40. The van der Waals surface area contributed by atoms with Crippen LogP contribution in [-0.2, 0) is 19.7 Å². The second-order valence-corrected chi connectivity index (χ2v) is 9.05. The lowest BCUT2D eigenvalue weighted by Crippen LogP contribution is -2.25. The topological polar surface area (TPSA) is 123 Å². The van der Waals surface area contributed by atoms with Crippen molar-refractivity contribution in [1.29, 1.82) is 0 Å². The summed E-state index contributed by atoms with van der Waals surface area (Å²) in [5.41, 5.74) is -0.346. The van der Waals surface area contributed by atoms with Gasteiger partial charge >= 0.3 is 0 Å². The van der Waals surface area contributed by atoms with Gasteiger partial charge in [0.25, 0.3) is 5.69 Å². The van der Waals surface area contributed by atoms with Crippen molar-refractivity contribution in [2.45, 2.75) is 17.9 Å². The van der Waals surface area contributed by atoms with Crippen LogP contribution in [0.15, 0.2) is 23.1 Å². The largest absolute Gasteiger partial charge is 0.376 e. The second-order valence-electron chi connectivity index (χ2n) is 4.85. The molecule has 1 unspecified atom stereocenters. The number of rotatable bonds is 6. The van der Waals surface area contributed by atoms with Gasteiger partial charge in [0.1, 0.15) is 15.5 Å². The highest BCUT2D eigenvalue weighted by Crippen LogP contribution is 2.28. The molecule has 1 aromatic rings. The van der Waals surface area contributed by atoms with E-state index < -0.39 is 36.3 Å². The van der Waals surface area contributed by atoms with E-state index in [1.807, 2.05) is 0 Å². The van der Waals surface area contributed by atoms with Crippen molar-refractivity contribution in [2.75, 3.05) is 23.6 Å². The first-order valence-corrected chi connectivity index (χ1v) is 9.78. The third kappa shape index (κ3) is 5.31. The zero-order chi connectivity index (χ0) is 16.4. The maximum absolute atomic E-state index is 11.4. The van der Waals surface area contributed by atoms with Crippen LogP contribution >= 0.6 is 0 Å². The van der Waals surface area contributed by atoms with Crippen LogP contribution in [0.4, 0.5) is 11.4 Å². The quantitative estimate of drug-likeness (QED) is 0.603. The molecule has 0 radical (unpaired) electrons. The number of hydrogen-bond donors (Lipinski definition) is 1. The highest BCUT2D eigenvalue weighted by atomic mass is 32.2. The summed E-state index contributed by atoms with van der Waals surface area (Å²) in [6.45, 7) is 1.56. The van der Waals surface area contributed by atoms with Crippen molar-refractivity contribution in [2.24, 2.45) is 0 Å². The monoisotopic (exact) mass is 336 g/mol. The van der Waals surface area contributed by atoms with Gasteiger partial charge in [-0.3, -0.25) is 10.1 Å². The van der Waals surface area contributed by atoms with Crippen LogP contribution in [0, 0.1) is 10.1 Å². The van der Waals surface area contributed by atoms with Crippen LogP contribution < -0.4 is 5.32 Å². The van der Waals surface area contributed by atoms with Crippen molar-refractivity contribution in [3.05, 3.63) is 28.3 Å². The maximum Gasteiger partial charge on any atom is 0.293 e. The molecule has 21 heavy (non-hydrogen) atoms. The Balaban J connectivity index is 3.17. The lowest BCUT2D eigenvalue weighted by atomic mass is 10.2. The predicted molar refractivity (Wildman–Crippen MR) is 79.0 cm³/mol. The predicted octanol–water partition coefficient (Wildman–Crippen LogP) is 0.843. The summed E-state index contributed by atoms with van der Waals surface area (Å²) in [6, 6.07) is 2.89. The van der Waals surface area contributed by atoms with E-state index in [4.69, 9.17) is 0 Å². The molecule has 0 bridgehead atoms. The molecule has 0 amide bonds. The SMILES string of the molecule is CC(CS(C)(=O)=O)Nc1ccc(S(C)(=O)=O)cc1[N+](=O)[O-]. The highest BCUT2D eigenvalue weighted by Gasteiger charge is 2.20. The molecule has 1 N–H and O–H groups in total. The van der Waals surface area contributed by atoms with E-state index in [1.54, 1.807) is 6.92 Å². The molecule has 8 nitrogen and oxygen atoms in total. The van der Waals surface area contributed by atoms with Crippen molar-refractivity contribution in [3.8, 4) is 0 Å². The van der Waals surface area contributed by atoms with Crippen molar-refractivity contribution in [1.82, 2.24) is 0 Å². The minimum Gasteiger partial charge on any atom is -0.376 e. The van der Waals surface area contributed by atoms with Gasteiger partial charge in [-0.25, -0.2) is 16.8 Å². The first kappa shape index (κ1) is 17.4. The summed E-state index contributed by atoms with van der Waals surface area (Å²) in [4.78, 5) is 10.1. The Bertz CT molecular complexity index is 755. The fraction of sp³-hybridized carbons (Fsp3) is 0.455. The number of benzene rings is 1. The average molecular weight is 336 g/mol. The third-order valence-corrected chi connectivity index (χ3v) is 4.76. The Morgan fingerprint density at radius 2 is 1.81 bits per heavy atom. The number of sulfone groups is 2. The van der Waals surface area contributed by atoms with Gasteiger partial charge in [0, 0.05) is 24.6 Å². The number of nitro benzene ring substituents is 1. The lowest BCUT2D eigenvalue weighted by molar-refractivity contribution is -0.384. The molecular formula is C11H16N2O6S2. The third-order valence-electron chi connectivity index (χ3n) is 2.55. The highest BCUT2D eigenvalue weighted by molar-refractivity contribution is 7.91. The maximum atomic E-state index is 11.4. The van der Waals surface area contributed by atoms with Gasteiger partial charge in [0.15, 0.2) is 9.84 Å². The molecule has 1 aromatic carbocycles. The van der Waals surface area contributed by atoms with Crippen LogP contribution in [0.1, 0.15) is 6.92 Å². The minimum absolute atomic E-state index is 0.0727. The Morgan fingerprint density at radius 3 is 2.24 bits per heavy atom. The molecule has 0 aliphatic heterocycles. The number of nitro groups is 1. The van der Waals surface area contributed by atoms with Gasteiger partial charge in [-0.2, -0.15) is 0 Å². The lowest BCUT2D eigenvalue weighted by Gasteiger charge is -2.14. The van der Waals surface area contributed by atoms with Crippen LogP contribution in [-0.4, -0.2) is 46.1 Å². The summed E-state index contributed by atoms with van der Waals surface area (Å²) < 4.78 is 45.2. The molecule has 0 aliphatic carbocycles. The molecule has 0 saturated carbocycles. The fourth-order valence-electron chi connectivity index (χ4n) is 1.78. The molecule has 0 aromatic heterocycles. The first-order valence-electron chi connectivity index (χ1n) is 5.83. The van der Waals surface area contributed by atoms with Gasteiger partial charge in [0.05, 0.1) is 15.6 Å². The Hall–Kier alpha value is -1.68. The molecule has 0 fully saturated rings. The van der Waals surface area contributed by atoms with E-state index in [-0.39, 0.29) is 16.3 Å². The van der Waals surface area contributed by atoms with E-state index in [0.29, 0.717) is 0 Å². The Kier molecular flexibility index (Phi) is 4.95. The summed E-state index contributed by atoms with van der Waals surface area (Å²) in [7, 11) is -6.80. The molecule has 1 rings (SSSR count). The van der Waals surface area contributed by atoms with E-state index in [2.05, 4.69) is 5.32 Å². The zero-order valence-corrected chi connectivity index (χ0v) is 13.4. The van der Waals surface area contributed by atoms with Crippen LogP contribution in [0.25, 0.3) is 0 Å². The van der Waals surface area contributed by atoms with E-state index in [0.717, 1.165) is 18.6 Å². The van der Waals surface area contributed by atoms with Gasteiger partial charge in [-0.1, -0.05) is 0 Å². The standard InChI is InChI=1S/C11H16N2O6S2/c1-8(7-20(2,16)17)12-10-5-4-9(21(3,18)19)6-11(10)13(14)15/h4-6,8,12H,7H2,1-3H3. The molecule has 0 aliphatic rings. The molecule has 0 spiro atoms. The fourth-order valence-corrected chi connectivity index (χ4v) is 3.41. The molecule has 10 heteroatoms. The van der Waals surface area contributed by atoms with Crippen molar-refractivity contribution in [3.63, 3.8) is 0 Å². The van der Waals surface area contributed by atoms with E-state index in [9.17, 15) is 26.9 Å². The number of hydrogen-bond acceptors (Lipinski definition) is 7. The summed E-state index contributed by atoms with van der Waals surface area (Å²) in [6.07, 6.45) is 2.01. The van der Waals surface area contributed by atoms with Crippen LogP contribution in [0.5, 0.6) is 0 Å². The molecular weight excluding hydrogens is 320 g/mol. The van der Waals surface area contributed by atoms with Gasteiger partial charge in [0.2, 0.25) is 0 Å². The van der Waals surface area contributed by atoms with Gasteiger partial charge in [-0.15, -0.1) is 0 Å². The van der Waals surface area contributed by atoms with Crippen molar-refractivity contribution >= 4 is 31.0 Å². The molecule has 0 saturated heterocycles. The summed E-state index contributed by atoms with van der Waals surface area (Å²) in [5, 5.41) is 13.7. The van der Waals surface area contributed by atoms with Crippen molar-refractivity contribution < 1.29 is 21.8 Å². The zero-order valence-electron chi connectivity index (χ0n) is 11.7. The van der Waals surface area contributed by atoms with Gasteiger partial charge < -0.3 is 5.32 Å². The van der Waals surface area contributed by atoms with E-state index >= 15 is 0 Å².